The summed E-state index contributed by atoms with van der Waals surface area (Å²) in [5.74, 6) is 1.15. The second kappa shape index (κ2) is 5.98. The van der Waals surface area contributed by atoms with E-state index in [4.69, 9.17) is 4.74 Å². The number of ether oxygens (including phenoxy) is 1. The lowest BCUT2D eigenvalue weighted by molar-refractivity contribution is -0.170. The van der Waals surface area contributed by atoms with Crippen molar-refractivity contribution in [3.63, 3.8) is 0 Å². The van der Waals surface area contributed by atoms with Crippen LogP contribution in [0.5, 0.6) is 0 Å². The van der Waals surface area contributed by atoms with Crippen LogP contribution in [-0.2, 0) is 9.53 Å². The van der Waals surface area contributed by atoms with E-state index in [2.05, 4.69) is 24.1 Å². The molecule has 0 aromatic heterocycles. The van der Waals surface area contributed by atoms with Crippen molar-refractivity contribution in [2.24, 2.45) is 22.2 Å². The van der Waals surface area contributed by atoms with Gasteiger partial charge in [-0.1, -0.05) is 13.8 Å². The molecule has 0 radical (unpaired) electrons. The third kappa shape index (κ3) is 3.12. The standard InChI is InChI=1S/C20H34N2O2/c1-18-10-16-11-19(2,13-18)15-20(12-16,14-18)17(23)21-4-3-5-22-6-8-24-9-7-22/h16H,3-15H2,1-2H3,(H,21,23)/t16?,18-,19+,20?. The molecule has 0 spiro atoms. The Morgan fingerprint density at radius 1 is 1.08 bits per heavy atom. The van der Waals surface area contributed by atoms with Crippen LogP contribution in [0.25, 0.3) is 0 Å². The topological polar surface area (TPSA) is 41.6 Å². The third-order valence-corrected chi connectivity index (χ3v) is 7.15. The van der Waals surface area contributed by atoms with Gasteiger partial charge in [0.25, 0.3) is 0 Å². The van der Waals surface area contributed by atoms with E-state index in [1.165, 1.54) is 19.3 Å². The maximum absolute atomic E-state index is 13.1. The van der Waals surface area contributed by atoms with Gasteiger partial charge in [0.2, 0.25) is 5.91 Å². The molecular weight excluding hydrogens is 300 g/mol. The summed E-state index contributed by atoms with van der Waals surface area (Å²) in [7, 11) is 0. The Kier molecular flexibility index (Phi) is 4.20. The zero-order valence-corrected chi connectivity index (χ0v) is 15.5. The molecule has 5 aliphatic rings. The van der Waals surface area contributed by atoms with E-state index >= 15 is 0 Å². The van der Waals surface area contributed by atoms with Crippen molar-refractivity contribution in [2.45, 2.75) is 58.8 Å². The van der Waals surface area contributed by atoms with Gasteiger partial charge in [0.15, 0.2) is 0 Å². The number of nitrogens with one attached hydrogen (secondary N) is 1. The Balaban J connectivity index is 1.31. The number of hydrogen-bond acceptors (Lipinski definition) is 3. The normalized spacial score (nSPS) is 44.7. The minimum absolute atomic E-state index is 0.0537. The number of rotatable bonds is 5. The molecule has 1 aliphatic heterocycles. The first-order valence-electron chi connectivity index (χ1n) is 9.99. The van der Waals surface area contributed by atoms with Gasteiger partial charge in [-0.2, -0.15) is 0 Å². The van der Waals surface area contributed by atoms with Crippen molar-refractivity contribution in [3.8, 4) is 0 Å². The highest BCUT2D eigenvalue weighted by Crippen LogP contribution is 2.69. The summed E-state index contributed by atoms with van der Waals surface area (Å²) in [6.45, 7) is 10.6. The number of morpholine rings is 1. The highest BCUT2D eigenvalue weighted by atomic mass is 16.5. The quantitative estimate of drug-likeness (QED) is 0.786. The van der Waals surface area contributed by atoms with Gasteiger partial charge in [0.1, 0.15) is 0 Å². The van der Waals surface area contributed by atoms with Crippen molar-refractivity contribution in [3.05, 3.63) is 0 Å². The summed E-state index contributed by atoms with van der Waals surface area (Å²) in [6, 6.07) is 0. The van der Waals surface area contributed by atoms with Crippen LogP contribution in [0.3, 0.4) is 0 Å². The Hall–Kier alpha value is -0.610. The number of hydrogen-bond donors (Lipinski definition) is 1. The van der Waals surface area contributed by atoms with E-state index in [1.54, 1.807) is 0 Å². The van der Waals surface area contributed by atoms with Gasteiger partial charge in [-0.15, -0.1) is 0 Å². The van der Waals surface area contributed by atoms with Crippen LogP contribution in [0, 0.1) is 22.2 Å². The van der Waals surface area contributed by atoms with Crippen LogP contribution in [0.4, 0.5) is 0 Å². The molecule has 2 unspecified atom stereocenters. The second-order valence-electron chi connectivity index (χ2n) is 9.97. The first kappa shape index (κ1) is 16.8. The van der Waals surface area contributed by atoms with Gasteiger partial charge >= 0.3 is 0 Å². The monoisotopic (exact) mass is 334 g/mol. The smallest absolute Gasteiger partial charge is 0.226 e. The van der Waals surface area contributed by atoms with Crippen LogP contribution < -0.4 is 5.32 Å². The SMILES string of the molecule is C[C@]12CC3CC(C(=O)NCCCN4CCOCC4)(C1)C[C@@](C)(C3)C2. The van der Waals surface area contributed by atoms with Gasteiger partial charge in [-0.3, -0.25) is 9.69 Å². The van der Waals surface area contributed by atoms with Gasteiger partial charge in [-0.25, -0.2) is 0 Å². The molecule has 4 atom stereocenters. The molecule has 4 bridgehead atoms. The minimum atomic E-state index is -0.0537. The Labute approximate surface area is 146 Å². The third-order valence-electron chi connectivity index (χ3n) is 7.15. The summed E-state index contributed by atoms with van der Waals surface area (Å²) in [4.78, 5) is 15.5. The predicted octanol–water partition coefficient (Wildman–Crippen LogP) is 2.82. The fraction of sp³-hybridized carbons (Fsp3) is 0.950. The lowest BCUT2D eigenvalue weighted by atomic mass is 9.40. The Morgan fingerprint density at radius 3 is 2.38 bits per heavy atom. The zero-order valence-electron chi connectivity index (χ0n) is 15.5. The largest absolute Gasteiger partial charge is 0.379 e. The Bertz CT molecular complexity index is 482. The van der Waals surface area contributed by atoms with Crippen molar-refractivity contribution in [1.82, 2.24) is 10.2 Å². The number of carbonyl (C=O) groups is 1. The minimum Gasteiger partial charge on any atom is -0.379 e. The first-order valence-corrected chi connectivity index (χ1v) is 9.99. The molecule has 4 saturated carbocycles. The molecule has 1 heterocycles. The Morgan fingerprint density at radius 2 is 1.75 bits per heavy atom. The molecule has 4 aliphatic carbocycles. The molecule has 0 aromatic rings. The van der Waals surface area contributed by atoms with Crippen LogP contribution in [0.1, 0.15) is 58.8 Å². The summed E-state index contributed by atoms with van der Waals surface area (Å²) in [5.41, 5.74) is 0.778. The number of carbonyl (C=O) groups excluding carboxylic acids is 1. The van der Waals surface area contributed by atoms with E-state index in [-0.39, 0.29) is 5.41 Å². The zero-order chi connectivity index (χ0) is 16.8. The summed E-state index contributed by atoms with van der Waals surface area (Å²) < 4.78 is 5.39. The van der Waals surface area contributed by atoms with Crippen LogP contribution in [-0.4, -0.2) is 50.2 Å². The van der Waals surface area contributed by atoms with E-state index in [9.17, 15) is 4.79 Å². The summed E-state index contributed by atoms with van der Waals surface area (Å²) >= 11 is 0. The average molecular weight is 335 g/mol. The van der Waals surface area contributed by atoms with Crippen LogP contribution >= 0.6 is 0 Å². The highest BCUT2D eigenvalue weighted by molar-refractivity contribution is 5.83. The molecule has 0 aromatic carbocycles. The second-order valence-corrected chi connectivity index (χ2v) is 9.97. The maximum atomic E-state index is 13.1. The maximum Gasteiger partial charge on any atom is 0.226 e. The summed E-state index contributed by atoms with van der Waals surface area (Å²) in [5, 5.41) is 3.32. The van der Waals surface area contributed by atoms with Gasteiger partial charge in [0.05, 0.1) is 18.6 Å². The van der Waals surface area contributed by atoms with E-state index in [0.29, 0.717) is 16.7 Å². The van der Waals surface area contributed by atoms with Crippen molar-refractivity contribution in [1.29, 1.82) is 0 Å². The van der Waals surface area contributed by atoms with Crippen LogP contribution in [0.2, 0.25) is 0 Å². The number of amides is 1. The molecule has 4 heteroatoms. The first-order chi connectivity index (χ1) is 11.4. The number of nitrogens with zero attached hydrogens (tertiary/aromatic N) is 1. The lowest BCUT2D eigenvalue weighted by Gasteiger charge is -2.64. The van der Waals surface area contributed by atoms with Crippen LogP contribution in [0.15, 0.2) is 0 Å². The molecule has 1 N–H and O–H groups in total. The predicted molar refractivity (Wildman–Crippen MR) is 94.7 cm³/mol. The van der Waals surface area contributed by atoms with Gasteiger partial charge in [-0.05, 0) is 68.2 Å². The fourth-order valence-corrected chi connectivity index (χ4v) is 7.22. The van der Waals surface area contributed by atoms with Gasteiger partial charge < -0.3 is 10.1 Å². The molecule has 5 rings (SSSR count). The lowest BCUT2D eigenvalue weighted by Crippen LogP contribution is -2.60. The molecule has 136 valence electrons. The van der Waals surface area contributed by atoms with Crippen molar-refractivity contribution < 1.29 is 9.53 Å². The molecule has 1 saturated heterocycles. The molecular formula is C20H34N2O2. The molecule has 4 nitrogen and oxygen atoms in total. The average Bonchev–Trinajstić information content (AvgIpc) is 2.49. The molecule has 24 heavy (non-hydrogen) atoms. The fourth-order valence-electron chi connectivity index (χ4n) is 7.22. The van der Waals surface area contributed by atoms with E-state index in [0.717, 1.165) is 71.0 Å². The van der Waals surface area contributed by atoms with Crippen molar-refractivity contribution in [2.75, 3.05) is 39.4 Å². The molecule has 5 fully saturated rings. The van der Waals surface area contributed by atoms with Gasteiger partial charge in [0, 0.05) is 19.6 Å². The highest BCUT2D eigenvalue weighted by Gasteiger charge is 2.62. The van der Waals surface area contributed by atoms with E-state index < -0.39 is 0 Å². The van der Waals surface area contributed by atoms with E-state index in [1.807, 2.05) is 0 Å². The summed E-state index contributed by atoms with van der Waals surface area (Å²) in [6.07, 6.45) is 8.50. The molecule has 1 amide bonds. The van der Waals surface area contributed by atoms with Crippen molar-refractivity contribution >= 4 is 5.91 Å².